The summed E-state index contributed by atoms with van der Waals surface area (Å²) < 4.78 is 6.42. The molecule has 1 aromatic rings. The second kappa shape index (κ2) is 11.6. The van der Waals surface area contributed by atoms with Gasteiger partial charge < -0.3 is 4.74 Å². The van der Waals surface area contributed by atoms with E-state index < -0.39 is 0 Å². The van der Waals surface area contributed by atoms with Gasteiger partial charge in [-0.15, -0.1) is 0 Å². The number of ether oxygens (including phenoxy) is 1. The fourth-order valence-corrected chi connectivity index (χ4v) is 2.62. The molecule has 0 spiro atoms. The highest BCUT2D eigenvalue weighted by Gasteiger charge is 2.13. The smallest absolute Gasteiger partial charge is 0.219 e. The molecule has 1 unspecified atom stereocenters. The van der Waals surface area contributed by atoms with E-state index in [1.54, 1.807) is 0 Å². The number of aliphatic imine (C=N–C) groups is 1. The van der Waals surface area contributed by atoms with Crippen molar-refractivity contribution in [2.45, 2.75) is 68.2 Å². The lowest BCUT2D eigenvalue weighted by Gasteiger charge is -2.17. The molecule has 0 fully saturated rings. The zero-order chi connectivity index (χ0) is 22.1. The Morgan fingerprint density at radius 2 is 1.79 bits per heavy atom. The minimum Gasteiger partial charge on any atom is -0.438 e. The molecule has 0 radical (unpaired) electrons. The van der Waals surface area contributed by atoms with Crippen LogP contribution < -0.4 is 4.74 Å². The van der Waals surface area contributed by atoms with E-state index in [4.69, 9.17) is 9.73 Å². The van der Waals surface area contributed by atoms with Crippen molar-refractivity contribution in [1.29, 1.82) is 0 Å². The fourth-order valence-electron chi connectivity index (χ4n) is 2.62. The predicted octanol–water partition coefficient (Wildman–Crippen LogP) is 8.47. The van der Waals surface area contributed by atoms with Gasteiger partial charge in [-0.25, -0.2) is 4.99 Å². The van der Waals surface area contributed by atoms with E-state index in [9.17, 15) is 0 Å². The summed E-state index contributed by atoms with van der Waals surface area (Å²) >= 11 is 0. The SMILES string of the molecule is C=Cc1ccc(/C(C)=C(/C)CC)c(OC(=C/C(=C)C(C)CC)/N=C(/C)C(C)C)c1. The lowest BCUT2D eigenvalue weighted by atomic mass is 9.98. The van der Waals surface area contributed by atoms with Gasteiger partial charge in [0.15, 0.2) is 0 Å². The van der Waals surface area contributed by atoms with Crippen molar-refractivity contribution in [2.24, 2.45) is 16.8 Å². The van der Waals surface area contributed by atoms with Gasteiger partial charge in [-0.1, -0.05) is 71.6 Å². The summed E-state index contributed by atoms with van der Waals surface area (Å²) in [6.45, 7) is 25.3. The van der Waals surface area contributed by atoms with Crippen LogP contribution in [0.3, 0.4) is 0 Å². The number of hydrogen-bond acceptors (Lipinski definition) is 2. The van der Waals surface area contributed by atoms with Gasteiger partial charge >= 0.3 is 0 Å². The van der Waals surface area contributed by atoms with E-state index in [1.165, 1.54) is 11.1 Å². The van der Waals surface area contributed by atoms with Crippen molar-refractivity contribution < 1.29 is 4.74 Å². The van der Waals surface area contributed by atoms with Crippen LogP contribution >= 0.6 is 0 Å². The maximum Gasteiger partial charge on any atom is 0.219 e. The number of nitrogens with zero attached hydrogens (tertiary/aromatic N) is 1. The third-order valence-corrected chi connectivity index (χ3v) is 5.71. The molecule has 0 aliphatic heterocycles. The van der Waals surface area contributed by atoms with Crippen molar-refractivity contribution in [1.82, 2.24) is 0 Å². The van der Waals surface area contributed by atoms with Gasteiger partial charge in [0, 0.05) is 17.4 Å². The van der Waals surface area contributed by atoms with E-state index in [1.807, 2.05) is 25.1 Å². The highest BCUT2D eigenvalue weighted by molar-refractivity contribution is 5.84. The molecule has 0 N–H and O–H groups in total. The molecule has 1 atom stereocenters. The number of benzene rings is 1. The standard InChI is InChI=1S/C27H39NO/c1-11-19(6)21(8)16-27(28-23(10)18(4)5)29-26-17-24(13-3)14-15-25(26)22(9)20(7)12-2/h13-19H,3,8,11-12H2,1-2,4-7,9-10H3/b22-20-,27-16+,28-23-. The lowest BCUT2D eigenvalue weighted by Crippen LogP contribution is -2.06. The third kappa shape index (κ3) is 7.20. The van der Waals surface area contributed by atoms with E-state index in [-0.39, 0.29) is 0 Å². The van der Waals surface area contributed by atoms with Crippen molar-refractivity contribution in [2.75, 3.05) is 0 Å². The van der Waals surface area contributed by atoms with E-state index in [0.717, 1.165) is 41.0 Å². The van der Waals surface area contributed by atoms with Crippen LogP contribution in [0.4, 0.5) is 0 Å². The Balaban J connectivity index is 3.55. The van der Waals surface area contributed by atoms with Gasteiger partial charge in [-0.2, -0.15) is 0 Å². The Morgan fingerprint density at radius 3 is 2.31 bits per heavy atom. The van der Waals surface area contributed by atoms with Crippen LogP contribution in [-0.2, 0) is 0 Å². The molecule has 0 saturated carbocycles. The minimum absolute atomic E-state index is 0.349. The quantitative estimate of drug-likeness (QED) is 0.222. The molecule has 2 heteroatoms. The molecule has 0 aliphatic carbocycles. The highest BCUT2D eigenvalue weighted by atomic mass is 16.5. The Morgan fingerprint density at radius 1 is 1.14 bits per heavy atom. The summed E-state index contributed by atoms with van der Waals surface area (Å²) in [5.41, 5.74) is 6.76. The average molecular weight is 394 g/mol. The normalized spacial score (nSPS) is 14.5. The number of hydrogen-bond donors (Lipinski definition) is 0. The average Bonchev–Trinajstić information content (AvgIpc) is 2.71. The van der Waals surface area contributed by atoms with Gasteiger partial charge in [0.2, 0.25) is 5.88 Å². The van der Waals surface area contributed by atoms with Gasteiger partial charge in [0.25, 0.3) is 0 Å². The molecule has 158 valence electrons. The summed E-state index contributed by atoms with van der Waals surface area (Å²) in [7, 11) is 0. The third-order valence-electron chi connectivity index (χ3n) is 5.71. The maximum atomic E-state index is 6.42. The molecule has 0 bridgehead atoms. The zero-order valence-electron chi connectivity index (χ0n) is 19.7. The van der Waals surface area contributed by atoms with Crippen molar-refractivity contribution >= 4 is 17.4 Å². The van der Waals surface area contributed by atoms with E-state index in [0.29, 0.717) is 17.7 Å². The molecule has 1 rings (SSSR count). The summed E-state index contributed by atoms with van der Waals surface area (Å²) in [4.78, 5) is 4.80. The molecule has 1 aromatic carbocycles. The molecule has 29 heavy (non-hydrogen) atoms. The molecule has 0 aliphatic rings. The molecular formula is C27H39NO. The van der Waals surface area contributed by atoms with Gasteiger partial charge in [-0.05, 0) is 68.2 Å². The first kappa shape index (κ1) is 24.7. The van der Waals surface area contributed by atoms with Gasteiger partial charge in [-0.3, -0.25) is 0 Å². The first-order valence-corrected chi connectivity index (χ1v) is 10.7. The summed E-state index contributed by atoms with van der Waals surface area (Å²) in [5.74, 6) is 2.12. The van der Waals surface area contributed by atoms with Crippen molar-refractivity contribution in [3.05, 3.63) is 65.6 Å². The Kier molecular flexibility index (Phi) is 9.88. The predicted molar refractivity (Wildman–Crippen MR) is 130 cm³/mol. The van der Waals surface area contributed by atoms with Crippen LogP contribution in [-0.4, -0.2) is 5.71 Å². The summed E-state index contributed by atoms with van der Waals surface area (Å²) in [6.07, 6.45) is 5.86. The fraction of sp³-hybridized carbons (Fsp3) is 0.444. The van der Waals surface area contributed by atoms with E-state index in [2.05, 4.69) is 73.8 Å². The van der Waals surface area contributed by atoms with Crippen LogP contribution in [0.1, 0.15) is 79.4 Å². The first-order chi connectivity index (χ1) is 13.6. The topological polar surface area (TPSA) is 21.6 Å². The molecule has 0 aromatic heterocycles. The van der Waals surface area contributed by atoms with Crippen LogP contribution in [0.2, 0.25) is 0 Å². The largest absolute Gasteiger partial charge is 0.438 e. The van der Waals surface area contributed by atoms with Crippen LogP contribution in [0, 0.1) is 11.8 Å². The van der Waals surface area contributed by atoms with Crippen molar-refractivity contribution in [3.63, 3.8) is 0 Å². The number of rotatable bonds is 10. The Hall–Kier alpha value is -2.35. The van der Waals surface area contributed by atoms with Gasteiger partial charge in [0.05, 0.1) is 0 Å². The molecule has 2 nitrogen and oxygen atoms in total. The van der Waals surface area contributed by atoms with Gasteiger partial charge in [0.1, 0.15) is 5.75 Å². The maximum absolute atomic E-state index is 6.42. The summed E-state index contributed by atoms with van der Waals surface area (Å²) in [5, 5.41) is 0. The Bertz CT molecular complexity index is 821. The minimum atomic E-state index is 0.349. The zero-order valence-corrected chi connectivity index (χ0v) is 19.7. The van der Waals surface area contributed by atoms with Crippen LogP contribution in [0.25, 0.3) is 11.6 Å². The highest BCUT2D eigenvalue weighted by Crippen LogP contribution is 2.32. The first-order valence-electron chi connectivity index (χ1n) is 10.7. The number of allylic oxidation sites excluding steroid dienone is 4. The van der Waals surface area contributed by atoms with Crippen molar-refractivity contribution in [3.8, 4) is 5.75 Å². The molecule has 0 heterocycles. The second-order valence-electron chi connectivity index (χ2n) is 8.10. The van der Waals surface area contributed by atoms with E-state index >= 15 is 0 Å². The molecule has 0 amide bonds. The summed E-state index contributed by atoms with van der Waals surface area (Å²) in [6, 6.07) is 6.22. The Labute approximate surface area is 178 Å². The molecular weight excluding hydrogens is 354 g/mol. The molecule has 0 saturated heterocycles. The monoisotopic (exact) mass is 393 g/mol. The lowest BCUT2D eigenvalue weighted by molar-refractivity contribution is 0.417. The van der Waals surface area contributed by atoms with Crippen LogP contribution in [0.5, 0.6) is 5.75 Å². The second-order valence-corrected chi connectivity index (χ2v) is 8.10. The van der Waals surface area contributed by atoms with Crippen LogP contribution in [0.15, 0.2) is 59.5 Å².